The molecule has 0 aromatic carbocycles. The SMILES string of the molecule is NC(=O)C[S+]([O-])Cc1ccco1. The van der Waals surface area contributed by atoms with Gasteiger partial charge in [0, 0.05) is 0 Å². The Balaban J connectivity index is 2.36. The van der Waals surface area contributed by atoms with Gasteiger partial charge < -0.3 is 14.7 Å². The van der Waals surface area contributed by atoms with Crippen LogP contribution in [0.2, 0.25) is 0 Å². The zero-order valence-electron chi connectivity index (χ0n) is 6.36. The second kappa shape index (κ2) is 4.18. The number of carbonyl (C=O) groups excluding carboxylic acids is 1. The molecule has 66 valence electrons. The number of hydrogen-bond acceptors (Lipinski definition) is 3. The quantitative estimate of drug-likeness (QED) is 0.674. The molecule has 1 aromatic heterocycles. The van der Waals surface area contributed by atoms with Crippen LogP contribution in [-0.2, 0) is 21.7 Å². The van der Waals surface area contributed by atoms with Crippen LogP contribution in [0.4, 0.5) is 0 Å². The lowest BCUT2D eigenvalue weighted by atomic mass is 10.5. The van der Waals surface area contributed by atoms with E-state index < -0.39 is 17.1 Å². The summed E-state index contributed by atoms with van der Waals surface area (Å²) in [7, 11) is 0. The van der Waals surface area contributed by atoms with Crippen molar-refractivity contribution in [1.29, 1.82) is 0 Å². The summed E-state index contributed by atoms with van der Waals surface area (Å²) in [6.07, 6.45) is 1.50. The molecule has 2 N–H and O–H groups in total. The zero-order valence-corrected chi connectivity index (χ0v) is 7.17. The summed E-state index contributed by atoms with van der Waals surface area (Å²) in [5.41, 5.74) is 4.86. The van der Waals surface area contributed by atoms with E-state index in [0.29, 0.717) is 5.76 Å². The molecule has 0 saturated heterocycles. The van der Waals surface area contributed by atoms with Crippen molar-refractivity contribution in [1.82, 2.24) is 0 Å². The van der Waals surface area contributed by atoms with Crippen LogP contribution in [0.5, 0.6) is 0 Å². The molecule has 0 saturated carbocycles. The van der Waals surface area contributed by atoms with Crippen molar-refractivity contribution in [3.8, 4) is 0 Å². The van der Waals surface area contributed by atoms with E-state index in [2.05, 4.69) is 0 Å². The van der Waals surface area contributed by atoms with E-state index in [1.807, 2.05) is 0 Å². The summed E-state index contributed by atoms with van der Waals surface area (Å²) >= 11 is -1.25. The number of nitrogens with two attached hydrogens (primary N) is 1. The number of carbonyl (C=O) groups is 1. The van der Waals surface area contributed by atoms with Crippen LogP contribution in [0.15, 0.2) is 22.8 Å². The first kappa shape index (κ1) is 9.15. The van der Waals surface area contributed by atoms with Gasteiger partial charge in [0.2, 0.25) is 0 Å². The predicted molar refractivity (Wildman–Crippen MR) is 44.6 cm³/mol. The van der Waals surface area contributed by atoms with E-state index in [9.17, 15) is 9.35 Å². The Hall–Kier alpha value is -0.940. The molecule has 0 aliphatic heterocycles. The van der Waals surface area contributed by atoms with Crippen LogP contribution in [0, 0.1) is 0 Å². The van der Waals surface area contributed by atoms with Gasteiger partial charge in [-0.2, -0.15) is 0 Å². The number of furan rings is 1. The third-order valence-electron chi connectivity index (χ3n) is 1.19. The third kappa shape index (κ3) is 2.98. The Morgan fingerprint density at radius 1 is 1.75 bits per heavy atom. The normalized spacial score (nSPS) is 12.8. The summed E-state index contributed by atoms with van der Waals surface area (Å²) in [4.78, 5) is 10.3. The van der Waals surface area contributed by atoms with Gasteiger partial charge in [-0.3, -0.25) is 4.79 Å². The highest BCUT2D eigenvalue weighted by Gasteiger charge is 2.12. The summed E-state index contributed by atoms with van der Waals surface area (Å²) < 4.78 is 16.0. The molecule has 4 nitrogen and oxygen atoms in total. The highest BCUT2D eigenvalue weighted by atomic mass is 32.2. The first-order chi connectivity index (χ1) is 5.68. The van der Waals surface area contributed by atoms with Gasteiger partial charge in [-0.15, -0.1) is 0 Å². The molecule has 1 heterocycles. The van der Waals surface area contributed by atoms with E-state index in [0.717, 1.165) is 0 Å². The van der Waals surface area contributed by atoms with Gasteiger partial charge in [-0.05, 0) is 23.3 Å². The topological polar surface area (TPSA) is 79.3 Å². The van der Waals surface area contributed by atoms with E-state index >= 15 is 0 Å². The van der Waals surface area contributed by atoms with Crippen molar-refractivity contribution in [2.24, 2.45) is 5.73 Å². The van der Waals surface area contributed by atoms with Crippen molar-refractivity contribution in [3.63, 3.8) is 0 Å². The van der Waals surface area contributed by atoms with Crippen molar-refractivity contribution >= 4 is 17.1 Å². The molecular weight excluding hydrogens is 178 g/mol. The molecule has 0 aliphatic carbocycles. The molecule has 1 atom stereocenters. The summed E-state index contributed by atoms with van der Waals surface area (Å²) in [6, 6.07) is 3.41. The highest BCUT2D eigenvalue weighted by molar-refractivity contribution is 7.91. The maximum atomic E-state index is 11.1. The van der Waals surface area contributed by atoms with Gasteiger partial charge >= 0.3 is 0 Å². The molecule has 1 aromatic rings. The molecule has 0 spiro atoms. The minimum atomic E-state index is -1.25. The first-order valence-electron chi connectivity index (χ1n) is 3.34. The van der Waals surface area contributed by atoms with Gasteiger partial charge in [0.05, 0.1) is 6.26 Å². The van der Waals surface area contributed by atoms with Crippen LogP contribution in [0.3, 0.4) is 0 Å². The van der Waals surface area contributed by atoms with E-state index in [-0.39, 0.29) is 11.5 Å². The van der Waals surface area contributed by atoms with Crippen LogP contribution in [0.25, 0.3) is 0 Å². The molecule has 0 bridgehead atoms. The van der Waals surface area contributed by atoms with Gasteiger partial charge in [0.15, 0.2) is 17.3 Å². The van der Waals surface area contributed by atoms with Gasteiger partial charge in [-0.25, -0.2) is 0 Å². The molecule has 1 unspecified atom stereocenters. The summed E-state index contributed by atoms with van der Waals surface area (Å²) in [6.45, 7) is 0. The minimum Gasteiger partial charge on any atom is -0.616 e. The zero-order chi connectivity index (χ0) is 8.97. The van der Waals surface area contributed by atoms with Crippen LogP contribution in [-0.4, -0.2) is 16.2 Å². The molecule has 0 radical (unpaired) electrons. The number of primary amides is 1. The Morgan fingerprint density at radius 3 is 3.00 bits per heavy atom. The van der Waals surface area contributed by atoms with Crippen LogP contribution < -0.4 is 5.73 Å². The Morgan fingerprint density at radius 2 is 2.50 bits per heavy atom. The largest absolute Gasteiger partial charge is 0.616 e. The van der Waals surface area contributed by atoms with Crippen molar-refractivity contribution in [2.75, 3.05) is 5.75 Å². The Kier molecular flexibility index (Phi) is 3.19. The fraction of sp³-hybridized carbons (Fsp3) is 0.286. The number of amides is 1. The van der Waals surface area contributed by atoms with Crippen LogP contribution in [0.1, 0.15) is 5.76 Å². The lowest BCUT2D eigenvalue weighted by Gasteiger charge is -2.05. The second-order valence-corrected chi connectivity index (χ2v) is 3.73. The molecule has 12 heavy (non-hydrogen) atoms. The highest BCUT2D eigenvalue weighted by Crippen LogP contribution is 2.06. The lowest BCUT2D eigenvalue weighted by molar-refractivity contribution is -0.115. The standard InChI is InChI=1S/C7H9NO3S/c8-7(9)5-12(10)4-6-2-1-3-11-6/h1-3H,4-5H2,(H2,8,9). The Labute approximate surface area is 72.9 Å². The molecular formula is C7H9NO3S. The maximum absolute atomic E-state index is 11.1. The fourth-order valence-corrected chi connectivity index (χ4v) is 1.66. The van der Waals surface area contributed by atoms with Gasteiger partial charge in [0.25, 0.3) is 5.91 Å². The molecule has 0 aliphatic rings. The average Bonchev–Trinajstić information content (AvgIpc) is 2.37. The van der Waals surface area contributed by atoms with Gasteiger partial charge in [-0.1, -0.05) is 0 Å². The monoisotopic (exact) mass is 187 g/mol. The Bertz CT molecular complexity index is 247. The van der Waals surface area contributed by atoms with E-state index in [4.69, 9.17) is 10.2 Å². The maximum Gasteiger partial charge on any atom is 0.267 e. The van der Waals surface area contributed by atoms with Crippen molar-refractivity contribution in [3.05, 3.63) is 24.2 Å². The minimum absolute atomic E-state index is 0.110. The lowest BCUT2D eigenvalue weighted by Crippen LogP contribution is -2.24. The number of rotatable bonds is 4. The first-order valence-corrected chi connectivity index (χ1v) is 4.83. The average molecular weight is 187 g/mol. The van der Waals surface area contributed by atoms with Gasteiger partial charge in [0.1, 0.15) is 0 Å². The predicted octanol–water partition coefficient (Wildman–Crippen LogP) is 0.0136. The van der Waals surface area contributed by atoms with Crippen molar-refractivity contribution in [2.45, 2.75) is 5.75 Å². The third-order valence-corrected chi connectivity index (χ3v) is 2.40. The molecule has 0 fully saturated rings. The summed E-state index contributed by atoms with van der Waals surface area (Å²) in [5.74, 6) is 0.186. The summed E-state index contributed by atoms with van der Waals surface area (Å²) in [5, 5.41) is 0. The van der Waals surface area contributed by atoms with Crippen LogP contribution >= 0.6 is 0 Å². The fourth-order valence-electron chi connectivity index (χ4n) is 0.763. The smallest absolute Gasteiger partial charge is 0.267 e. The van der Waals surface area contributed by atoms with Crippen molar-refractivity contribution < 1.29 is 13.8 Å². The number of hydrogen-bond donors (Lipinski definition) is 1. The molecule has 1 rings (SSSR count). The molecule has 1 amide bonds. The second-order valence-electron chi connectivity index (χ2n) is 2.27. The molecule has 5 heteroatoms. The van der Waals surface area contributed by atoms with E-state index in [1.54, 1.807) is 12.1 Å². The van der Waals surface area contributed by atoms with E-state index in [1.165, 1.54) is 6.26 Å².